The van der Waals surface area contributed by atoms with Crippen molar-refractivity contribution in [3.8, 4) is 0 Å². The van der Waals surface area contributed by atoms with Crippen molar-refractivity contribution in [3.63, 3.8) is 0 Å². The molecule has 1 aromatic carbocycles. The first-order valence-electron chi connectivity index (χ1n) is 6.29. The van der Waals surface area contributed by atoms with Gasteiger partial charge in [-0.25, -0.2) is 0 Å². The second-order valence-electron chi connectivity index (χ2n) is 5.29. The van der Waals surface area contributed by atoms with Gasteiger partial charge in [-0.05, 0) is 24.3 Å². The number of hydrogen-bond acceptors (Lipinski definition) is 3. The minimum Gasteiger partial charge on any atom is -0.264 e. The summed E-state index contributed by atoms with van der Waals surface area (Å²) in [6.07, 6.45) is 5.41. The number of nitrogens with zero attached hydrogens (tertiary/aromatic N) is 3. The molecule has 100 valence electrons. The summed E-state index contributed by atoms with van der Waals surface area (Å²) < 4.78 is 1.91. The van der Waals surface area contributed by atoms with Crippen molar-refractivity contribution in [3.05, 3.63) is 34.5 Å². The predicted octanol–water partition coefficient (Wildman–Crippen LogP) is 3.51. The Morgan fingerprint density at radius 1 is 1.47 bits per heavy atom. The fourth-order valence-corrected chi connectivity index (χ4v) is 3.36. The monoisotopic (exact) mass is 323 g/mol. The van der Waals surface area contributed by atoms with Crippen LogP contribution >= 0.6 is 15.9 Å². The van der Waals surface area contributed by atoms with Gasteiger partial charge in [0.15, 0.2) is 0 Å². The second-order valence-corrected chi connectivity index (χ2v) is 5.85. The number of rotatable bonds is 4. The SMILES string of the molecule is O=[N+]([O-])c1ccc2cnn(CC3(CBr)CCC3)c2c1. The summed E-state index contributed by atoms with van der Waals surface area (Å²) >= 11 is 3.58. The van der Waals surface area contributed by atoms with Crippen molar-refractivity contribution in [2.24, 2.45) is 5.41 Å². The van der Waals surface area contributed by atoms with Crippen LogP contribution in [0.15, 0.2) is 24.4 Å². The Hall–Kier alpha value is -1.43. The van der Waals surface area contributed by atoms with Crippen molar-refractivity contribution in [2.45, 2.75) is 25.8 Å². The summed E-state index contributed by atoms with van der Waals surface area (Å²) in [5.41, 5.74) is 1.24. The average molecular weight is 324 g/mol. The maximum Gasteiger partial charge on any atom is 0.271 e. The molecule has 1 saturated carbocycles. The van der Waals surface area contributed by atoms with Gasteiger partial charge in [0, 0.05) is 29.4 Å². The Morgan fingerprint density at radius 2 is 2.26 bits per heavy atom. The number of alkyl halides is 1. The summed E-state index contributed by atoms with van der Waals surface area (Å²) in [6.45, 7) is 0.822. The van der Waals surface area contributed by atoms with E-state index in [9.17, 15) is 10.1 Å². The fourth-order valence-electron chi connectivity index (χ4n) is 2.63. The highest BCUT2D eigenvalue weighted by molar-refractivity contribution is 9.09. The topological polar surface area (TPSA) is 61.0 Å². The molecule has 6 heteroatoms. The van der Waals surface area contributed by atoms with E-state index in [1.807, 2.05) is 4.68 Å². The Bertz CT molecular complexity index is 628. The van der Waals surface area contributed by atoms with Gasteiger partial charge >= 0.3 is 0 Å². The van der Waals surface area contributed by atoms with E-state index in [1.165, 1.54) is 25.3 Å². The van der Waals surface area contributed by atoms with Crippen LogP contribution in [-0.4, -0.2) is 20.0 Å². The lowest BCUT2D eigenvalue weighted by molar-refractivity contribution is -0.384. The van der Waals surface area contributed by atoms with Gasteiger partial charge in [-0.3, -0.25) is 14.8 Å². The van der Waals surface area contributed by atoms with E-state index in [0.29, 0.717) is 0 Å². The Morgan fingerprint density at radius 3 is 2.84 bits per heavy atom. The van der Waals surface area contributed by atoms with E-state index in [1.54, 1.807) is 18.3 Å². The maximum absolute atomic E-state index is 10.9. The van der Waals surface area contributed by atoms with Crippen LogP contribution in [0.5, 0.6) is 0 Å². The Labute approximate surface area is 118 Å². The first-order chi connectivity index (χ1) is 9.13. The van der Waals surface area contributed by atoms with Crippen LogP contribution in [0, 0.1) is 15.5 Å². The van der Waals surface area contributed by atoms with Crippen LogP contribution in [0.3, 0.4) is 0 Å². The number of nitro groups is 1. The molecule has 0 saturated heterocycles. The molecule has 0 N–H and O–H groups in total. The lowest BCUT2D eigenvalue weighted by Gasteiger charge is -2.40. The molecule has 0 bridgehead atoms. The minimum absolute atomic E-state index is 0.121. The minimum atomic E-state index is -0.361. The standard InChI is InChI=1S/C13H14BrN3O2/c14-8-13(4-1-5-13)9-16-12-6-11(17(18)19)3-2-10(12)7-15-16/h2-3,6-7H,1,4-5,8-9H2. The van der Waals surface area contributed by atoms with Gasteiger partial charge in [0.25, 0.3) is 5.69 Å². The number of benzene rings is 1. The highest BCUT2D eigenvalue weighted by atomic mass is 79.9. The molecular weight excluding hydrogens is 310 g/mol. The van der Waals surface area contributed by atoms with Crippen molar-refractivity contribution >= 4 is 32.5 Å². The Balaban J connectivity index is 1.99. The predicted molar refractivity (Wildman–Crippen MR) is 76.5 cm³/mol. The van der Waals surface area contributed by atoms with Crippen molar-refractivity contribution < 1.29 is 4.92 Å². The van der Waals surface area contributed by atoms with Gasteiger partial charge in [-0.2, -0.15) is 5.10 Å². The van der Waals surface area contributed by atoms with E-state index in [0.717, 1.165) is 22.8 Å². The van der Waals surface area contributed by atoms with Gasteiger partial charge in [0.1, 0.15) is 0 Å². The molecule has 5 nitrogen and oxygen atoms in total. The number of aromatic nitrogens is 2. The molecule has 2 aromatic rings. The third-order valence-electron chi connectivity index (χ3n) is 4.02. The third kappa shape index (κ3) is 2.14. The molecule has 1 fully saturated rings. The molecule has 1 heterocycles. The number of halogens is 1. The van der Waals surface area contributed by atoms with Gasteiger partial charge in [-0.1, -0.05) is 22.4 Å². The molecule has 1 aliphatic carbocycles. The molecule has 0 amide bonds. The number of nitro benzene ring substituents is 1. The van der Waals surface area contributed by atoms with E-state index < -0.39 is 0 Å². The van der Waals surface area contributed by atoms with Crippen LogP contribution in [0.4, 0.5) is 5.69 Å². The molecule has 0 aliphatic heterocycles. The second kappa shape index (κ2) is 4.59. The number of non-ortho nitro benzene ring substituents is 1. The first kappa shape index (κ1) is 12.6. The molecule has 19 heavy (non-hydrogen) atoms. The average Bonchev–Trinajstić information content (AvgIpc) is 2.76. The van der Waals surface area contributed by atoms with Gasteiger partial charge in [-0.15, -0.1) is 0 Å². The zero-order chi connectivity index (χ0) is 13.5. The zero-order valence-corrected chi connectivity index (χ0v) is 12.0. The largest absolute Gasteiger partial charge is 0.271 e. The smallest absolute Gasteiger partial charge is 0.264 e. The Kier molecular flexibility index (Phi) is 3.05. The number of hydrogen-bond donors (Lipinski definition) is 0. The number of fused-ring (bicyclic) bond motifs is 1. The van der Waals surface area contributed by atoms with Crippen molar-refractivity contribution in [1.29, 1.82) is 0 Å². The quantitative estimate of drug-likeness (QED) is 0.491. The van der Waals surface area contributed by atoms with E-state index in [2.05, 4.69) is 21.0 Å². The molecule has 0 atom stereocenters. The molecule has 3 rings (SSSR count). The van der Waals surface area contributed by atoms with Crippen LogP contribution in [0.1, 0.15) is 19.3 Å². The van der Waals surface area contributed by atoms with E-state index >= 15 is 0 Å². The normalized spacial score (nSPS) is 17.3. The molecule has 0 unspecified atom stereocenters. The summed E-state index contributed by atoms with van der Waals surface area (Å²) in [5, 5.41) is 17.1. The molecule has 1 aromatic heterocycles. The summed E-state index contributed by atoms with van der Waals surface area (Å²) in [4.78, 5) is 10.5. The molecule has 0 spiro atoms. The van der Waals surface area contributed by atoms with Gasteiger partial charge in [0.2, 0.25) is 0 Å². The lowest BCUT2D eigenvalue weighted by atomic mass is 9.70. The van der Waals surface area contributed by atoms with E-state index in [-0.39, 0.29) is 16.0 Å². The summed E-state index contributed by atoms with van der Waals surface area (Å²) in [7, 11) is 0. The molecule has 1 aliphatic rings. The third-order valence-corrected chi connectivity index (χ3v) is 5.21. The molecule has 0 radical (unpaired) electrons. The van der Waals surface area contributed by atoms with Gasteiger partial charge < -0.3 is 0 Å². The highest BCUT2D eigenvalue weighted by Gasteiger charge is 2.36. The lowest BCUT2D eigenvalue weighted by Crippen LogP contribution is -2.36. The van der Waals surface area contributed by atoms with Crippen molar-refractivity contribution in [2.75, 3.05) is 5.33 Å². The zero-order valence-electron chi connectivity index (χ0n) is 10.4. The first-order valence-corrected chi connectivity index (χ1v) is 7.42. The maximum atomic E-state index is 10.9. The van der Waals surface area contributed by atoms with Crippen LogP contribution in [-0.2, 0) is 6.54 Å². The fraction of sp³-hybridized carbons (Fsp3) is 0.462. The van der Waals surface area contributed by atoms with Crippen LogP contribution in [0.25, 0.3) is 10.9 Å². The van der Waals surface area contributed by atoms with Gasteiger partial charge in [0.05, 0.1) is 16.6 Å². The molecular formula is C13H14BrN3O2. The van der Waals surface area contributed by atoms with Crippen LogP contribution in [0.2, 0.25) is 0 Å². The van der Waals surface area contributed by atoms with Crippen LogP contribution < -0.4 is 0 Å². The summed E-state index contributed by atoms with van der Waals surface area (Å²) in [5.74, 6) is 0. The highest BCUT2D eigenvalue weighted by Crippen LogP contribution is 2.44. The van der Waals surface area contributed by atoms with Crippen molar-refractivity contribution in [1.82, 2.24) is 9.78 Å². The summed E-state index contributed by atoms with van der Waals surface area (Å²) in [6, 6.07) is 4.90. The van der Waals surface area contributed by atoms with E-state index in [4.69, 9.17) is 0 Å².